The fraction of sp³-hybridized carbons (Fsp3) is 0.500. The minimum atomic E-state index is -0.300. The van der Waals surface area contributed by atoms with Crippen molar-refractivity contribution in [3.05, 3.63) is 42.1 Å². The number of aliphatic hydroxyl groups is 1. The maximum Gasteiger partial charge on any atom is 0.0838 e. The van der Waals surface area contributed by atoms with E-state index < -0.39 is 0 Å². The van der Waals surface area contributed by atoms with Gasteiger partial charge in [0.05, 0.1) is 11.6 Å². The Morgan fingerprint density at radius 3 is 2.65 bits per heavy atom. The molecule has 3 saturated carbocycles. The maximum atomic E-state index is 10.7. The number of aromatic nitrogens is 1. The summed E-state index contributed by atoms with van der Waals surface area (Å²) >= 11 is 0. The maximum absolute atomic E-state index is 10.7. The third-order valence-electron chi connectivity index (χ3n) is 6.11. The van der Waals surface area contributed by atoms with E-state index >= 15 is 0 Å². The number of rotatable bonds is 2. The van der Waals surface area contributed by atoms with Crippen molar-refractivity contribution in [2.45, 2.75) is 25.4 Å². The number of hydrogen-bond acceptors (Lipinski definition) is 2. The molecule has 0 saturated heterocycles. The van der Waals surface area contributed by atoms with E-state index in [1.54, 1.807) is 0 Å². The Kier molecular flexibility index (Phi) is 2.15. The lowest BCUT2D eigenvalue weighted by Gasteiger charge is -2.15. The zero-order chi connectivity index (χ0) is 13.3. The molecular weight excluding hydrogens is 246 g/mol. The minimum Gasteiger partial charge on any atom is -0.388 e. The fourth-order valence-electron chi connectivity index (χ4n) is 5.29. The lowest BCUT2D eigenvalue weighted by atomic mass is 9.95. The molecule has 0 radical (unpaired) electrons. The average Bonchev–Trinajstić information content (AvgIpc) is 2.93. The number of hydrogen-bond donors (Lipinski definition) is 1. The summed E-state index contributed by atoms with van der Waals surface area (Å²) in [6.45, 7) is 0. The molecule has 5 atom stereocenters. The molecule has 5 rings (SSSR count). The fourth-order valence-corrected chi connectivity index (χ4v) is 5.29. The van der Waals surface area contributed by atoms with Gasteiger partial charge < -0.3 is 5.11 Å². The van der Waals surface area contributed by atoms with E-state index in [0.717, 1.165) is 40.1 Å². The topological polar surface area (TPSA) is 33.1 Å². The van der Waals surface area contributed by atoms with Crippen molar-refractivity contribution in [3.63, 3.8) is 0 Å². The highest BCUT2D eigenvalue weighted by Gasteiger charge is 2.66. The molecule has 3 aliphatic carbocycles. The first-order chi connectivity index (χ1) is 9.83. The van der Waals surface area contributed by atoms with Crippen molar-refractivity contribution in [2.24, 2.45) is 29.6 Å². The Labute approximate surface area is 118 Å². The van der Waals surface area contributed by atoms with Crippen LogP contribution in [-0.2, 0) is 0 Å². The summed E-state index contributed by atoms with van der Waals surface area (Å²) in [5.74, 6) is 3.98. The number of benzene rings is 1. The first kappa shape index (κ1) is 11.3. The van der Waals surface area contributed by atoms with Gasteiger partial charge in [0.1, 0.15) is 0 Å². The minimum absolute atomic E-state index is 0.300. The molecular formula is C18H19NO. The van der Waals surface area contributed by atoms with E-state index in [9.17, 15) is 5.11 Å². The molecule has 102 valence electrons. The van der Waals surface area contributed by atoms with Gasteiger partial charge in [0.2, 0.25) is 0 Å². The Bertz CT molecular complexity index is 666. The molecule has 0 aliphatic heterocycles. The lowest BCUT2D eigenvalue weighted by Crippen LogP contribution is -2.08. The molecule has 1 heterocycles. The number of aliphatic hydroxyl groups excluding tert-OH is 1. The van der Waals surface area contributed by atoms with E-state index in [0.29, 0.717) is 5.92 Å². The van der Waals surface area contributed by atoms with Gasteiger partial charge in [0.15, 0.2) is 0 Å². The summed E-state index contributed by atoms with van der Waals surface area (Å²) in [4.78, 5) is 4.50. The Hall–Kier alpha value is -1.41. The Morgan fingerprint density at radius 1 is 1.10 bits per heavy atom. The van der Waals surface area contributed by atoms with Gasteiger partial charge >= 0.3 is 0 Å². The first-order valence-electron chi connectivity index (χ1n) is 7.86. The molecule has 3 aliphatic rings. The molecule has 2 nitrogen and oxygen atoms in total. The molecule has 1 N–H and O–H groups in total. The van der Waals surface area contributed by atoms with E-state index in [-0.39, 0.29) is 6.10 Å². The third-order valence-corrected chi connectivity index (χ3v) is 6.11. The summed E-state index contributed by atoms with van der Waals surface area (Å²) in [7, 11) is 0. The Balaban J connectivity index is 1.47. The standard InChI is InChI=1S/C18H19NO/c20-18(17-15-11-5-6-12(8-11)16(15)17)13-7-10-3-1-2-4-14(10)19-9-13/h1-4,7,9,11-12,15-18,20H,5-6,8H2. The summed E-state index contributed by atoms with van der Waals surface area (Å²) in [6, 6.07) is 10.3. The van der Waals surface area contributed by atoms with Gasteiger partial charge in [-0.3, -0.25) is 4.98 Å². The quantitative estimate of drug-likeness (QED) is 0.900. The highest BCUT2D eigenvalue weighted by molar-refractivity contribution is 5.78. The van der Waals surface area contributed by atoms with Gasteiger partial charge in [-0.1, -0.05) is 18.2 Å². The normalized spacial score (nSPS) is 39.0. The molecule has 0 spiro atoms. The van der Waals surface area contributed by atoms with E-state index in [4.69, 9.17) is 0 Å². The van der Waals surface area contributed by atoms with E-state index in [1.165, 1.54) is 19.3 Å². The van der Waals surface area contributed by atoms with Crippen LogP contribution in [0.1, 0.15) is 30.9 Å². The monoisotopic (exact) mass is 265 g/mol. The number of para-hydroxylation sites is 1. The molecule has 1 aromatic heterocycles. The van der Waals surface area contributed by atoms with Crippen molar-refractivity contribution >= 4 is 10.9 Å². The van der Waals surface area contributed by atoms with Crippen LogP contribution in [0.25, 0.3) is 10.9 Å². The van der Waals surface area contributed by atoms with Gasteiger partial charge in [0.25, 0.3) is 0 Å². The van der Waals surface area contributed by atoms with Crippen molar-refractivity contribution in [1.82, 2.24) is 4.98 Å². The second kappa shape index (κ2) is 3.82. The summed E-state index contributed by atoms with van der Waals surface area (Å²) < 4.78 is 0. The van der Waals surface area contributed by atoms with Crippen molar-refractivity contribution < 1.29 is 5.11 Å². The Morgan fingerprint density at radius 2 is 1.85 bits per heavy atom. The van der Waals surface area contributed by atoms with Gasteiger partial charge in [-0.25, -0.2) is 0 Å². The molecule has 2 bridgehead atoms. The zero-order valence-electron chi connectivity index (χ0n) is 11.4. The van der Waals surface area contributed by atoms with E-state index in [2.05, 4.69) is 17.1 Å². The first-order valence-corrected chi connectivity index (χ1v) is 7.86. The van der Waals surface area contributed by atoms with Crippen LogP contribution in [0.3, 0.4) is 0 Å². The SMILES string of the molecule is OC(c1cnc2ccccc2c1)C1C2C3CCC(C3)C21. The molecule has 3 fully saturated rings. The van der Waals surface area contributed by atoms with Crippen molar-refractivity contribution in [1.29, 1.82) is 0 Å². The predicted molar refractivity (Wildman–Crippen MR) is 78.0 cm³/mol. The molecule has 20 heavy (non-hydrogen) atoms. The van der Waals surface area contributed by atoms with Crippen LogP contribution in [0.15, 0.2) is 36.5 Å². The molecule has 0 amide bonds. The van der Waals surface area contributed by atoms with Crippen LogP contribution >= 0.6 is 0 Å². The molecule has 1 aromatic carbocycles. The summed E-state index contributed by atoms with van der Waals surface area (Å²) in [5, 5.41) is 11.9. The van der Waals surface area contributed by atoms with Crippen LogP contribution in [0, 0.1) is 29.6 Å². The second-order valence-corrected chi connectivity index (χ2v) is 6.97. The number of pyridine rings is 1. The molecule has 2 aromatic rings. The largest absolute Gasteiger partial charge is 0.388 e. The number of nitrogens with zero attached hydrogens (tertiary/aromatic N) is 1. The van der Waals surface area contributed by atoms with Crippen LogP contribution < -0.4 is 0 Å². The number of fused-ring (bicyclic) bond motifs is 6. The smallest absolute Gasteiger partial charge is 0.0838 e. The van der Waals surface area contributed by atoms with Gasteiger partial charge in [-0.2, -0.15) is 0 Å². The van der Waals surface area contributed by atoms with Crippen molar-refractivity contribution in [2.75, 3.05) is 0 Å². The van der Waals surface area contributed by atoms with Gasteiger partial charge in [-0.05, 0) is 66.5 Å². The van der Waals surface area contributed by atoms with Crippen molar-refractivity contribution in [3.8, 4) is 0 Å². The van der Waals surface area contributed by atoms with Crippen LogP contribution in [0.5, 0.6) is 0 Å². The van der Waals surface area contributed by atoms with Crippen LogP contribution in [-0.4, -0.2) is 10.1 Å². The molecule has 5 unspecified atom stereocenters. The van der Waals surface area contributed by atoms with Crippen LogP contribution in [0.2, 0.25) is 0 Å². The highest BCUT2D eigenvalue weighted by Crippen LogP contribution is 2.72. The summed E-state index contributed by atoms with van der Waals surface area (Å²) in [5.41, 5.74) is 2.03. The second-order valence-electron chi connectivity index (χ2n) is 6.97. The lowest BCUT2D eigenvalue weighted by molar-refractivity contribution is 0.130. The molecule has 2 heteroatoms. The zero-order valence-corrected chi connectivity index (χ0v) is 11.4. The van der Waals surface area contributed by atoms with Gasteiger partial charge in [0, 0.05) is 11.6 Å². The van der Waals surface area contributed by atoms with Crippen LogP contribution in [0.4, 0.5) is 0 Å². The third kappa shape index (κ3) is 1.40. The summed E-state index contributed by atoms with van der Waals surface area (Å²) in [6.07, 6.45) is 5.83. The van der Waals surface area contributed by atoms with Gasteiger partial charge in [-0.15, -0.1) is 0 Å². The predicted octanol–water partition coefficient (Wildman–Crippen LogP) is 3.56. The average molecular weight is 265 g/mol. The highest BCUT2D eigenvalue weighted by atomic mass is 16.3. The van der Waals surface area contributed by atoms with E-state index in [1.807, 2.05) is 24.4 Å².